The third-order valence-corrected chi connectivity index (χ3v) is 4.24. The number of nitrogens with two attached hydrogens (primary N) is 2. The zero-order valence-electron chi connectivity index (χ0n) is 13.1. The van der Waals surface area contributed by atoms with Crippen LogP contribution in [0.1, 0.15) is 57.1 Å². The lowest BCUT2D eigenvalue weighted by atomic mass is 9.94. The van der Waals surface area contributed by atoms with Gasteiger partial charge in [-0.05, 0) is 35.6 Å². The smallest absolute Gasteiger partial charge is 0.0301 e. The second kappa shape index (κ2) is 8.16. The van der Waals surface area contributed by atoms with Gasteiger partial charge in [0.15, 0.2) is 0 Å². The summed E-state index contributed by atoms with van der Waals surface area (Å²) in [7, 11) is 0. The molecule has 4 N–H and O–H groups in total. The van der Waals surface area contributed by atoms with Crippen molar-refractivity contribution in [1.29, 1.82) is 0 Å². The predicted molar refractivity (Wildman–Crippen MR) is 92.2 cm³/mol. The first-order valence-corrected chi connectivity index (χ1v) is 8.21. The van der Waals surface area contributed by atoms with Crippen molar-refractivity contribution in [3.63, 3.8) is 0 Å². The van der Waals surface area contributed by atoms with E-state index in [0.29, 0.717) is 6.04 Å². The minimum absolute atomic E-state index is 0.106. The second-order valence-corrected chi connectivity index (χ2v) is 6.01. The molecule has 0 radical (unpaired) electrons. The number of hydrogen-bond donors (Lipinski definition) is 2. The van der Waals surface area contributed by atoms with Crippen LogP contribution in [-0.4, -0.2) is 6.04 Å². The maximum Gasteiger partial charge on any atom is 0.0301 e. The molecule has 2 nitrogen and oxygen atoms in total. The van der Waals surface area contributed by atoms with Gasteiger partial charge in [0, 0.05) is 12.1 Å². The Hall–Kier alpha value is -1.38. The highest BCUT2D eigenvalue weighted by molar-refractivity contribution is 5.86. The van der Waals surface area contributed by atoms with E-state index in [9.17, 15) is 0 Å². The van der Waals surface area contributed by atoms with E-state index in [0.717, 1.165) is 25.7 Å². The Labute approximate surface area is 128 Å². The first-order chi connectivity index (χ1) is 10.2. The second-order valence-electron chi connectivity index (χ2n) is 6.01. The van der Waals surface area contributed by atoms with E-state index in [4.69, 9.17) is 11.5 Å². The molecule has 0 saturated carbocycles. The molecule has 0 aliphatic carbocycles. The monoisotopic (exact) mass is 284 g/mol. The highest BCUT2D eigenvalue weighted by Crippen LogP contribution is 2.26. The van der Waals surface area contributed by atoms with E-state index < -0.39 is 0 Å². The molecule has 2 unspecified atom stereocenters. The lowest BCUT2D eigenvalue weighted by Crippen LogP contribution is -2.20. The Morgan fingerprint density at radius 2 is 1.57 bits per heavy atom. The molecular weight excluding hydrogens is 256 g/mol. The molecule has 0 spiro atoms. The normalized spacial score (nSPS) is 14.2. The highest BCUT2D eigenvalue weighted by Gasteiger charge is 2.10. The maximum atomic E-state index is 6.41. The topological polar surface area (TPSA) is 52.0 Å². The van der Waals surface area contributed by atoms with Crippen molar-refractivity contribution in [3.8, 4) is 0 Å². The Balaban J connectivity index is 1.92. The van der Waals surface area contributed by atoms with Crippen molar-refractivity contribution in [2.75, 3.05) is 0 Å². The van der Waals surface area contributed by atoms with E-state index in [-0.39, 0.29) is 6.04 Å². The van der Waals surface area contributed by atoms with Gasteiger partial charge in [0.2, 0.25) is 0 Å². The van der Waals surface area contributed by atoms with Gasteiger partial charge in [-0.3, -0.25) is 0 Å². The molecule has 0 fully saturated rings. The van der Waals surface area contributed by atoms with Gasteiger partial charge in [0.1, 0.15) is 0 Å². The molecule has 2 rings (SSSR count). The summed E-state index contributed by atoms with van der Waals surface area (Å²) in [6.07, 6.45) is 6.79. The van der Waals surface area contributed by atoms with Crippen LogP contribution in [0.25, 0.3) is 10.8 Å². The van der Waals surface area contributed by atoms with Gasteiger partial charge >= 0.3 is 0 Å². The molecule has 2 heteroatoms. The molecule has 0 aliphatic rings. The fourth-order valence-electron chi connectivity index (χ4n) is 2.94. The van der Waals surface area contributed by atoms with Crippen molar-refractivity contribution < 1.29 is 0 Å². The van der Waals surface area contributed by atoms with Crippen LogP contribution in [0.2, 0.25) is 0 Å². The standard InChI is InChI=1S/C19H28N2/c1-2-3-10-16(20)11-7-14-19(21)18-13-6-9-15-8-4-5-12-17(15)18/h4-6,8-9,12-13,16,19H,2-3,7,10-11,14,20-21H2,1H3. The third kappa shape index (κ3) is 4.55. The molecule has 0 amide bonds. The van der Waals surface area contributed by atoms with Crippen LogP contribution in [0.3, 0.4) is 0 Å². The summed E-state index contributed by atoms with van der Waals surface area (Å²) in [4.78, 5) is 0. The van der Waals surface area contributed by atoms with Gasteiger partial charge < -0.3 is 11.5 Å². The minimum Gasteiger partial charge on any atom is -0.328 e. The lowest BCUT2D eigenvalue weighted by molar-refractivity contribution is 0.492. The molecule has 0 heterocycles. The molecule has 0 bridgehead atoms. The van der Waals surface area contributed by atoms with Gasteiger partial charge in [-0.2, -0.15) is 0 Å². The Kier molecular flexibility index (Phi) is 6.21. The summed E-state index contributed by atoms with van der Waals surface area (Å²) in [5.74, 6) is 0. The Morgan fingerprint density at radius 3 is 2.38 bits per heavy atom. The first-order valence-electron chi connectivity index (χ1n) is 8.21. The largest absolute Gasteiger partial charge is 0.328 e. The fraction of sp³-hybridized carbons (Fsp3) is 0.474. The third-order valence-electron chi connectivity index (χ3n) is 4.24. The average Bonchev–Trinajstić information content (AvgIpc) is 2.52. The van der Waals surface area contributed by atoms with Crippen LogP contribution in [-0.2, 0) is 0 Å². The van der Waals surface area contributed by atoms with E-state index in [1.54, 1.807) is 0 Å². The fourth-order valence-corrected chi connectivity index (χ4v) is 2.94. The summed E-state index contributed by atoms with van der Waals surface area (Å²) in [5, 5.41) is 2.55. The summed E-state index contributed by atoms with van der Waals surface area (Å²) in [5.41, 5.74) is 13.8. The Morgan fingerprint density at radius 1 is 0.857 bits per heavy atom. The number of benzene rings is 2. The van der Waals surface area contributed by atoms with Crippen LogP contribution in [0.15, 0.2) is 42.5 Å². The van der Waals surface area contributed by atoms with Crippen LogP contribution in [0.5, 0.6) is 0 Å². The molecule has 114 valence electrons. The number of unbranched alkanes of at least 4 members (excludes halogenated alkanes) is 1. The molecule has 0 aromatic heterocycles. The van der Waals surface area contributed by atoms with Crippen molar-refractivity contribution in [1.82, 2.24) is 0 Å². The van der Waals surface area contributed by atoms with Crippen molar-refractivity contribution in [2.45, 2.75) is 57.5 Å². The minimum atomic E-state index is 0.106. The van der Waals surface area contributed by atoms with Gasteiger partial charge in [0.05, 0.1) is 0 Å². The predicted octanol–water partition coefficient (Wildman–Crippen LogP) is 4.53. The van der Waals surface area contributed by atoms with Gasteiger partial charge in [-0.1, -0.05) is 68.7 Å². The Bertz CT molecular complexity index is 545. The van der Waals surface area contributed by atoms with E-state index in [1.807, 2.05) is 0 Å². The molecular formula is C19H28N2. The van der Waals surface area contributed by atoms with Gasteiger partial charge in [-0.25, -0.2) is 0 Å². The maximum absolute atomic E-state index is 6.41. The van der Waals surface area contributed by atoms with Crippen LogP contribution < -0.4 is 11.5 Å². The van der Waals surface area contributed by atoms with Crippen LogP contribution >= 0.6 is 0 Å². The lowest BCUT2D eigenvalue weighted by Gasteiger charge is -2.16. The average molecular weight is 284 g/mol. The zero-order valence-corrected chi connectivity index (χ0v) is 13.1. The quantitative estimate of drug-likeness (QED) is 0.748. The van der Waals surface area contributed by atoms with Crippen LogP contribution in [0.4, 0.5) is 0 Å². The molecule has 0 saturated heterocycles. The van der Waals surface area contributed by atoms with Crippen molar-refractivity contribution in [2.24, 2.45) is 11.5 Å². The van der Waals surface area contributed by atoms with Gasteiger partial charge in [0.25, 0.3) is 0 Å². The van der Waals surface area contributed by atoms with E-state index >= 15 is 0 Å². The molecule has 2 aromatic rings. The van der Waals surface area contributed by atoms with E-state index in [1.165, 1.54) is 29.2 Å². The van der Waals surface area contributed by atoms with Crippen molar-refractivity contribution in [3.05, 3.63) is 48.0 Å². The van der Waals surface area contributed by atoms with E-state index in [2.05, 4.69) is 49.4 Å². The molecule has 21 heavy (non-hydrogen) atoms. The molecule has 0 aliphatic heterocycles. The number of hydrogen-bond acceptors (Lipinski definition) is 2. The van der Waals surface area contributed by atoms with Crippen molar-refractivity contribution >= 4 is 10.8 Å². The molecule has 2 atom stereocenters. The highest BCUT2D eigenvalue weighted by atomic mass is 14.6. The summed E-state index contributed by atoms with van der Waals surface area (Å²) in [6, 6.07) is 15.3. The molecule has 2 aromatic carbocycles. The number of fused-ring (bicyclic) bond motifs is 1. The van der Waals surface area contributed by atoms with Crippen LogP contribution in [0, 0.1) is 0 Å². The zero-order chi connectivity index (χ0) is 15.1. The SMILES string of the molecule is CCCCC(N)CCCC(N)c1cccc2ccccc12. The number of rotatable bonds is 8. The summed E-state index contributed by atoms with van der Waals surface area (Å²) in [6.45, 7) is 2.21. The summed E-state index contributed by atoms with van der Waals surface area (Å²) >= 11 is 0. The first kappa shape index (κ1) is 16.0. The summed E-state index contributed by atoms with van der Waals surface area (Å²) < 4.78 is 0. The van der Waals surface area contributed by atoms with Gasteiger partial charge in [-0.15, -0.1) is 0 Å².